The van der Waals surface area contributed by atoms with Crippen LogP contribution in [-0.4, -0.2) is 31.6 Å². The molecule has 0 bridgehead atoms. The van der Waals surface area contributed by atoms with Gasteiger partial charge in [-0.2, -0.15) is 0 Å². The molecule has 2 rings (SSSR count). The van der Waals surface area contributed by atoms with Gasteiger partial charge in [-0.1, -0.05) is 11.6 Å². The third-order valence-corrected chi connectivity index (χ3v) is 3.57. The fraction of sp³-hybridized carbons (Fsp3) is 0.533. The molecule has 1 saturated heterocycles. The van der Waals surface area contributed by atoms with Crippen molar-refractivity contribution >= 4 is 11.6 Å². The summed E-state index contributed by atoms with van der Waals surface area (Å²) >= 11 is 0. The highest BCUT2D eigenvalue weighted by Gasteiger charge is 2.20. The number of anilines is 1. The van der Waals surface area contributed by atoms with E-state index in [1.54, 1.807) is 0 Å². The molecular weight excluding hydrogens is 238 g/mol. The number of hydrogen-bond donors (Lipinski definition) is 2. The predicted octanol–water partition coefficient (Wildman–Crippen LogP) is 1.67. The maximum absolute atomic E-state index is 12.4. The number of hydrogen-bond acceptors (Lipinski definition) is 3. The van der Waals surface area contributed by atoms with Gasteiger partial charge in [-0.25, -0.2) is 0 Å². The first-order chi connectivity index (χ1) is 9.11. The molecule has 0 spiro atoms. The average molecular weight is 261 g/mol. The van der Waals surface area contributed by atoms with Gasteiger partial charge in [0, 0.05) is 31.4 Å². The summed E-state index contributed by atoms with van der Waals surface area (Å²) < 4.78 is 0. The lowest BCUT2D eigenvalue weighted by Gasteiger charge is -2.22. The Balaban J connectivity index is 2.26. The number of carbonyl (C=O) groups excluding carboxylic acids is 1. The maximum Gasteiger partial charge on any atom is 0.253 e. The molecule has 1 aromatic rings. The monoisotopic (exact) mass is 261 g/mol. The fourth-order valence-corrected chi connectivity index (χ4v) is 2.43. The Morgan fingerprint density at radius 1 is 1.42 bits per heavy atom. The van der Waals surface area contributed by atoms with E-state index >= 15 is 0 Å². The third kappa shape index (κ3) is 3.26. The molecule has 4 nitrogen and oxygen atoms in total. The molecule has 0 aromatic heterocycles. The summed E-state index contributed by atoms with van der Waals surface area (Å²) in [7, 11) is 0. The van der Waals surface area contributed by atoms with Crippen LogP contribution in [0.4, 0.5) is 5.69 Å². The Morgan fingerprint density at radius 2 is 2.11 bits per heavy atom. The molecule has 4 heteroatoms. The Kier molecular flexibility index (Phi) is 4.43. The third-order valence-electron chi connectivity index (χ3n) is 3.57. The van der Waals surface area contributed by atoms with Crippen molar-refractivity contribution in [2.75, 3.05) is 24.5 Å². The Morgan fingerprint density at radius 3 is 2.74 bits per heavy atom. The van der Waals surface area contributed by atoms with Crippen LogP contribution >= 0.6 is 0 Å². The first kappa shape index (κ1) is 13.9. The van der Waals surface area contributed by atoms with Crippen LogP contribution in [-0.2, 0) is 0 Å². The van der Waals surface area contributed by atoms with Crippen molar-refractivity contribution in [3.63, 3.8) is 0 Å². The standard InChI is InChI=1S/C15H23N3O/c1-11-5-6-14(18-7-3-4-8-18)13(9-11)15(19)17-12(2)10-16/h5-6,9,12H,3-4,7-8,10,16H2,1-2H3,(H,17,19)/t12-/m0/s1. The molecule has 0 saturated carbocycles. The van der Waals surface area contributed by atoms with Crippen molar-refractivity contribution in [2.45, 2.75) is 32.7 Å². The zero-order valence-electron chi connectivity index (χ0n) is 11.8. The minimum absolute atomic E-state index is 0.000518. The molecule has 19 heavy (non-hydrogen) atoms. The minimum atomic E-state index is -0.0245. The fourth-order valence-electron chi connectivity index (χ4n) is 2.43. The van der Waals surface area contributed by atoms with Gasteiger partial charge in [-0.3, -0.25) is 4.79 Å². The van der Waals surface area contributed by atoms with Gasteiger partial charge in [0.25, 0.3) is 5.91 Å². The highest BCUT2D eigenvalue weighted by atomic mass is 16.1. The minimum Gasteiger partial charge on any atom is -0.371 e. The van der Waals surface area contributed by atoms with Crippen LogP contribution in [0.5, 0.6) is 0 Å². The molecule has 1 fully saturated rings. The van der Waals surface area contributed by atoms with Crippen LogP contribution < -0.4 is 16.0 Å². The van der Waals surface area contributed by atoms with Crippen molar-refractivity contribution in [2.24, 2.45) is 5.73 Å². The van der Waals surface area contributed by atoms with Crippen molar-refractivity contribution in [3.05, 3.63) is 29.3 Å². The normalized spacial score (nSPS) is 16.5. The molecule has 1 amide bonds. The number of carbonyl (C=O) groups is 1. The number of nitrogens with zero attached hydrogens (tertiary/aromatic N) is 1. The first-order valence-electron chi connectivity index (χ1n) is 6.98. The Hall–Kier alpha value is -1.55. The summed E-state index contributed by atoms with van der Waals surface area (Å²) in [6, 6.07) is 6.09. The largest absolute Gasteiger partial charge is 0.371 e. The lowest BCUT2D eigenvalue weighted by molar-refractivity contribution is 0.0941. The van der Waals surface area contributed by atoms with Crippen LogP contribution in [0.15, 0.2) is 18.2 Å². The number of rotatable bonds is 4. The van der Waals surface area contributed by atoms with E-state index in [1.165, 1.54) is 12.8 Å². The molecule has 0 radical (unpaired) electrons. The second-order valence-electron chi connectivity index (χ2n) is 5.32. The zero-order chi connectivity index (χ0) is 13.8. The number of benzene rings is 1. The van der Waals surface area contributed by atoms with Gasteiger partial charge in [-0.15, -0.1) is 0 Å². The molecule has 0 unspecified atom stereocenters. The van der Waals surface area contributed by atoms with Crippen molar-refractivity contribution < 1.29 is 4.79 Å². The lowest BCUT2D eigenvalue weighted by atomic mass is 10.1. The summed E-state index contributed by atoms with van der Waals surface area (Å²) in [5.74, 6) is -0.0245. The van der Waals surface area contributed by atoms with E-state index in [-0.39, 0.29) is 11.9 Å². The van der Waals surface area contributed by atoms with Gasteiger partial charge in [0.15, 0.2) is 0 Å². The molecule has 1 aliphatic heterocycles. The van der Waals surface area contributed by atoms with Gasteiger partial charge in [0.05, 0.1) is 5.56 Å². The SMILES string of the molecule is Cc1ccc(N2CCCC2)c(C(=O)N[C@@H](C)CN)c1. The maximum atomic E-state index is 12.4. The molecular formula is C15H23N3O. The van der Waals surface area contributed by atoms with E-state index in [0.717, 1.165) is 29.9 Å². The van der Waals surface area contributed by atoms with Gasteiger partial charge < -0.3 is 16.0 Å². The van der Waals surface area contributed by atoms with Crippen LogP contribution in [0.3, 0.4) is 0 Å². The summed E-state index contributed by atoms with van der Waals surface area (Å²) in [6.45, 7) is 6.46. The van der Waals surface area contributed by atoms with Crippen molar-refractivity contribution in [3.8, 4) is 0 Å². The molecule has 1 heterocycles. The number of nitrogens with two attached hydrogens (primary N) is 1. The molecule has 0 aliphatic carbocycles. The quantitative estimate of drug-likeness (QED) is 0.867. The zero-order valence-corrected chi connectivity index (χ0v) is 11.8. The van der Waals surface area contributed by atoms with Gasteiger partial charge in [-0.05, 0) is 38.8 Å². The van der Waals surface area contributed by atoms with E-state index in [0.29, 0.717) is 6.54 Å². The van der Waals surface area contributed by atoms with E-state index in [9.17, 15) is 4.79 Å². The van der Waals surface area contributed by atoms with Gasteiger partial charge >= 0.3 is 0 Å². The summed E-state index contributed by atoms with van der Waals surface area (Å²) in [6.07, 6.45) is 2.41. The summed E-state index contributed by atoms with van der Waals surface area (Å²) in [5, 5.41) is 2.95. The van der Waals surface area contributed by atoms with Crippen molar-refractivity contribution in [1.82, 2.24) is 5.32 Å². The topological polar surface area (TPSA) is 58.4 Å². The number of amides is 1. The van der Waals surface area contributed by atoms with E-state index in [2.05, 4.69) is 22.3 Å². The highest BCUT2D eigenvalue weighted by molar-refractivity contribution is 6.00. The lowest BCUT2D eigenvalue weighted by Crippen LogP contribution is -2.38. The van der Waals surface area contributed by atoms with Crippen LogP contribution in [0, 0.1) is 6.92 Å². The molecule has 1 aliphatic rings. The Bertz CT molecular complexity index is 453. The second-order valence-corrected chi connectivity index (χ2v) is 5.32. The average Bonchev–Trinajstić information content (AvgIpc) is 2.92. The van der Waals surface area contributed by atoms with Gasteiger partial charge in [0.2, 0.25) is 0 Å². The Labute approximate surface area is 115 Å². The van der Waals surface area contributed by atoms with E-state index < -0.39 is 0 Å². The molecule has 3 N–H and O–H groups in total. The van der Waals surface area contributed by atoms with Gasteiger partial charge in [0.1, 0.15) is 0 Å². The highest BCUT2D eigenvalue weighted by Crippen LogP contribution is 2.25. The smallest absolute Gasteiger partial charge is 0.253 e. The summed E-state index contributed by atoms with van der Waals surface area (Å²) in [4.78, 5) is 14.6. The predicted molar refractivity (Wildman–Crippen MR) is 78.6 cm³/mol. The molecule has 1 aromatic carbocycles. The molecule has 104 valence electrons. The van der Waals surface area contributed by atoms with Crippen LogP contribution in [0.25, 0.3) is 0 Å². The number of aryl methyl sites for hydroxylation is 1. The number of nitrogens with one attached hydrogen (secondary N) is 1. The van der Waals surface area contributed by atoms with E-state index in [4.69, 9.17) is 5.73 Å². The van der Waals surface area contributed by atoms with Crippen molar-refractivity contribution in [1.29, 1.82) is 0 Å². The molecule has 1 atom stereocenters. The summed E-state index contributed by atoms with van der Waals surface area (Å²) in [5.41, 5.74) is 8.48. The van der Waals surface area contributed by atoms with E-state index in [1.807, 2.05) is 19.9 Å². The van der Waals surface area contributed by atoms with Crippen LogP contribution in [0.2, 0.25) is 0 Å². The first-order valence-corrected chi connectivity index (χ1v) is 6.98. The van der Waals surface area contributed by atoms with Crippen LogP contribution in [0.1, 0.15) is 35.7 Å². The second kappa shape index (κ2) is 6.06.